The Bertz CT molecular complexity index is 3440. The highest BCUT2D eigenvalue weighted by Gasteiger charge is 2.20. The summed E-state index contributed by atoms with van der Waals surface area (Å²) >= 11 is 1.75. The first-order valence-corrected chi connectivity index (χ1v) is 19.0. The van der Waals surface area contributed by atoms with Gasteiger partial charge in [0, 0.05) is 54.8 Å². The van der Waals surface area contributed by atoms with Gasteiger partial charge in [0.25, 0.3) is 0 Å². The third-order valence-electron chi connectivity index (χ3n) is 10.9. The summed E-state index contributed by atoms with van der Waals surface area (Å²) in [5.74, 6) is 0. The van der Waals surface area contributed by atoms with Crippen LogP contribution in [0.15, 0.2) is 180 Å². The molecule has 0 aliphatic carbocycles. The van der Waals surface area contributed by atoms with Gasteiger partial charge >= 0.3 is 0 Å². The number of hydrogen-bond donors (Lipinski definition) is 0. The van der Waals surface area contributed by atoms with Crippen molar-refractivity contribution in [2.45, 2.75) is 0 Å². The van der Waals surface area contributed by atoms with E-state index in [0.29, 0.717) is 0 Å². The van der Waals surface area contributed by atoms with E-state index in [1.807, 2.05) is 12.1 Å². The van der Waals surface area contributed by atoms with Gasteiger partial charge in [0.1, 0.15) is 16.2 Å². The van der Waals surface area contributed by atoms with Gasteiger partial charge in [-0.25, -0.2) is 4.98 Å². The number of hydrogen-bond acceptors (Lipinski definition) is 3. The molecule has 0 fully saturated rings. The number of fused-ring (bicyclic) bond motifs is 10. The van der Waals surface area contributed by atoms with Crippen LogP contribution >= 0.6 is 11.3 Å². The Morgan fingerprint density at radius 3 is 2.04 bits per heavy atom. The van der Waals surface area contributed by atoms with E-state index in [-0.39, 0.29) is 0 Å². The molecule has 4 aromatic heterocycles. The fourth-order valence-corrected chi connectivity index (χ4v) is 9.53. The van der Waals surface area contributed by atoms with Crippen molar-refractivity contribution in [2.24, 2.45) is 0 Å². The van der Waals surface area contributed by atoms with Crippen molar-refractivity contribution in [1.29, 1.82) is 0 Å². The zero-order chi connectivity index (χ0) is 35.3. The second-order valence-electron chi connectivity index (χ2n) is 14.0. The highest BCUT2D eigenvalue weighted by atomic mass is 32.1. The van der Waals surface area contributed by atoms with Gasteiger partial charge in [0.15, 0.2) is 0 Å². The third kappa shape index (κ3) is 4.27. The topological polar surface area (TPSA) is 35.9 Å². The van der Waals surface area contributed by atoms with Crippen molar-refractivity contribution in [3.05, 3.63) is 176 Å². The van der Waals surface area contributed by atoms with E-state index in [9.17, 15) is 0 Å². The fourth-order valence-electron chi connectivity index (χ4n) is 8.54. The van der Waals surface area contributed by atoms with Crippen LogP contribution in [-0.4, -0.2) is 14.1 Å². The minimum absolute atomic E-state index is 0.895. The number of benzene rings is 8. The maximum Gasteiger partial charge on any atom is 0.135 e. The zero-order valence-corrected chi connectivity index (χ0v) is 29.7. The third-order valence-corrected chi connectivity index (χ3v) is 12.0. The summed E-state index contributed by atoms with van der Waals surface area (Å²) in [4.78, 5) is 5.13. The molecule has 252 valence electrons. The number of aromatic nitrogens is 3. The van der Waals surface area contributed by atoms with Crippen LogP contribution in [0.25, 0.3) is 109 Å². The first-order chi connectivity index (χ1) is 26.8. The molecule has 4 nitrogen and oxygen atoms in total. The van der Waals surface area contributed by atoms with Crippen molar-refractivity contribution in [1.82, 2.24) is 14.1 Å². The Hall–Kier alpha value is -6.95. The molecule has 0 aliphatic rings. The summed E-state index contributed by atoms with van der Waals surface area (Å²) in [6.45, 7) is 0. The van der Waals surface area contributed by atoms with Crippen LogP contribution in [0.4, 0.5) is 0 Å². The van der Waals surface area contributed by atoms with E-state index >= 15 is 0 Å². The van der Waals surface area contributed by atoms with Crippen LogP contribution < -0.4 is 0 Å². The van der Waals surface area contributed by atoms with E-state index in [1.165, 1.54) is 53.9 Å². The van der Waals surface area contributed by atoms with Crippen molar-refractivity contribution in [2.75, 3.05) is 0 Å². The molecule has 0 saturated heterocycles. The minimum atomic E-state index is 0.895. The Kier molecular flexibility index (Phi) is 6.18. The van der Waals surface area contributed by atoms with Crippen molar-refractivity contribution in [3.8, 4) is 33.1 Å². The lowest BCUT2D eigenvalue weighted by molar-refractivity contribution is 0.669. The Morgan fingerprint density at radius 2 is 1.15 bits per heavy atom. The first kappa shape index (κ1) is 29.6. The van der Waals surface area contributed by atoms with Crippen LogP contribution in [0, 0.1) is 0 Å². The Morgan fingerprint density at radius 1 is 0.426 bits per heavy atom. The first-order valence-electron chi connectivity index (χ1n) is 18.2. The van der Waals surface area contributed by atoms with E-state index in [0.717, 1.165) is 54.9 Å². The summed E-state index contributed by atoms with van der Waals surface area (Å²) in [6.07, 6.45) is 0. The molecule has 0 atom stereocenters. The van der Waals surface area contributed by atoms with Crippen molar-refractivity contribution < 1.29 is 4.42 Å². The molecule has 4 heterocycles. The molecule has 0 spiro atoms. The SMILES string of the molecule is c1ccc(-c2nc3cc4c(cc3s2)c2cc(-c3cccc5c6ccccc6n(-c6ccc7oc8ccccc8c7c6)c35)ccc2n4-c2ccccc2)cc1. The smallest absolute Gasteiger partial charge is 0.135 e. The number of rotatable bonds is 4. The molecule has 5 heteroatoms. The fraction of sp³-hybridized carbons (Fsp3) is 0. The summed E-state index contributed by atoms with van der Waals surface area (Å²) < 4.78 is 12.2. The molecule has 12 aromatic rings. The highest BCUT2D eigenvalue weighted by molar-refractivity contribution is 7.21. The van der Waals surface area contributed by atoms with Gasteiger partial charge in [0.05, 0.1) is 32.3 Å². The molecule has 0 unspecified atom stereocenters. The zero-order valence-electron chi connectivity index (χ0n) is 28.9. The lowest BCUT2D eigenvalue weighted by Gasteiger charge is -2.12. The maximum atomic E-state index is 6.24. The quantitative estimate of drug-likeness (QED) is 0.183. The normalized spacial score (nSPS) is 12.1. The monoisotopic (exact) mass is 707 g/mol. The second kappa shape index (κ2) is 11.3. The van der Waals surface area contributed by atoms with E-state index in [4.69, 9.17) is 9.40 Å². The van der Waals surface area contributed by atoms with E-state index in [1.54, 1.807) is 11.3 Å². The van der Waals surface area contributed by atoms with E-state index in [2.05, 4.69) is 173 Å². The summed E-state index contributed by atoms with van der Waals surface area (Å²) in [6, 6.07) is 63.1. The summed E-state index contributed by atoms with van der Waals surface area (Å²) in [5.41, 5.74) is 13.3. The number of nitrogens with zero attached hydrogens (tertiary/aromatic N) is 3. The second-order valence-corrected chi connectivity index (χ2v) is 15.0. The molecule has 0 amide bonds. The van der Waals surface area contributed by atoms with Crippen LogP contribution in [0.3, 0.4) is 0 Å². The molecular formula is C49H29N3OS. The Labute approximate surface area is 313 Å². The lowest BCUT2D eigenvalue weighted by atomic mass is 9.99. The summed E-state index contributed by atoms with van der Waals surface area (Å²) in [5, 5.41) is 8.18. The van der Waals surface area contributed by atoms with Crippen LogP contribution in [0.1, 0.15) is 0 Å². The van der Waals surface area contributed by atoms with Gasteiger partial charge in [-0.05, 0) is 72.3 Å². The minimum Gasteiger partial charge on any atom is -0.456 e. The van der Waals surface area contributed by atoms with Gasteiger partial charge in [-0.15, -0.1) is 11.3 Å². The van der Waals surface area contributed by atoms with Gasteiger partial charge < -0.3 is 13.6 Å². The van der Waals surface area contributed by atoms with Gasteiger partial charge in [-0.3, -0.25) is 0 Å². The molecular weight excluding hydrogens is 679 g/mol. The van der Waals surface area contributed by atoms with Crippen LogP contribution in [-0.2, 0) is 0 Å². The van der Waals surface area contributed by atoms with Crippen LogP contribution in [0.2, 0.25) is 0 Å². The molecule has 8 aromatic carbocycles. The standard InChI is InChI=1S/C49H29N3OS/c1-3-12-30(13-4-1)49-50-41-29-44-39(28-47(41)54-49)38-26-31(22-24-43(38)51(44)32-14-5-2-6-15-32)34-18-11-19-37-35-16-7-9-20-42(35)52(48(34)37)33-23-25-46-40(27-33)36-17-8-10-21-45(36)53-46/h1-29H. The van der Waals surface area contributed by atoms with Crippen molar-refractivity contribution in [3.63, 3.8) is 0 Å². The number of furan rings is 1. The predicted molar refractivity (Wildman–Crippen MR) is 226 cm³/mol. The molecule has 0 saturated carbocycles. The van der Waals surface area contributed by atoms with Gasteiger partial charge in [-0.2, -0.15) is 0 Å². The van der Waals surface area contributed by atoms with E-state index < -0.39 is 0 Å². The number of thiazole rings is 1. The number of para-hydroxylation sites is 4. The van der Waals surface area contributed by atoms with Gasteiger partial charge in [0.2, 0.25) is 0 Å². The summed E-state index contributed by atoms with van der Waals surface area (Å²) in [7, 11) is 0. The molecule has 12 rings (SSSR count). The highest BCUT2D eigenvalue weighted by Crippen LogP contribution is 2.43. The Balaban J connectivity index is 1.13. The predicted octanol–water partition coefficient (Wildman–Crippen LogP) is 13.7. The molecule has 0 bridgehead atoms. The average molecular weight is 708 g/mol. The van der Waals surface area contributed by atoms with Crippen LogP contribution in [0.5, 0.6) is 0 Å². The molecule has 0 N–H and O–H groups in total. The molecule has 0 aliphatic heterocycles. The van der Waals surface area contributed by atoms with Gasteiger partial charge in [-0.1, -0.05) is 109 Å². The molecule has 0 radical (unpaired) electrons. The molecule has 54 heavy (non-hydrogen) atoms. The largest absolute Gasteiger partial charge is 0.456 e. The average Bonchev–Trinajstić information content (AvgIpc) is 3.99. The van der Waals surface area contributed by atoms with Crippen molar-refractivity contribution >= 4 is 87.1 Å². The lowest BCUT2D eigenvalue weighted by Crippen LogP contribution is -1.96. The maximum absolute atomic E-state index is 6.24.